The first kappa shape index (κ1) is 16.9. The molecule has 0 saturated carbocycles. The average molecular weight is 285 g/mol. The molecule has 0 radical (unpaired) electrons. The van der Waals surface area contributed by atoms with Gasteiger partial charge in [0.1, 0.15) is 5.75 Å². The summed E-state index contributed by atoms with van der Waals surface area (Å²) in [6.07, 6.45) is 3.25. The van der Waals surface area contributed by atoms with Crippen molar-refractivity contribution >= 4 is 0 Å². The molecule has 4 heteroatoms. The van der Waals surface area contributed by atoms with Crippen LogP contribution in [0.1, 0.15) is 51.6 Å². The van der Waals surface area contributed by atoms with E-state index >= 15 is 0 Å². The van der Waals surface area contributed by atoms with Gasteiger partial charge in [-0.1, -0.05) is 45.7 Å². The molecular formula is C16H25F2NO. The zero-order valence-electron chi connectivity index (χ0n) is 12.5. The van der Waals surface area contributed by atoms with Gasteiger partial charge in [0.2, 0.25) is 0 Å². The van der Waals surface area contributed by atoms with Gasteiger partial charge in [0, 0.05) is 6.04 Å². The number of alkyl halides is 2. The van der Waals surface area contributed by atoms with E-state index < -0.39 is 6.61 Å². The van der Waals surface area contributed by atoms with Crippen molar-refractivity contribution in [2.75, 3.05) is 6.54 Å². The molecule has 1 N–H and O–H groups in total. The topological polar surface area (TPSA) is 21.3 Å². The van der Waals surface area contributed by atoms with E-state index in [1.807, 2.05) is 12.1 Å². The summed E-state index contributed by atoms with van der Waals surface area (Å²) in [5.41, 5.74) is 1.13. The Morgan fingerprint density at radius 2 is 1.65 bits per heavy atom. The number of benzene rings is 1. The third-order valence-corrected chi connectivity index (χ3v) is 3.60. The number of nitrogens with one attached hydrogen (secondary N) is 1. The third kappa shape index (κ3) is 5.08. The molecule has 1 aromatic carbocycles. The van der Waals surface area contributed by atoms with Gasteiger partial charge < -0.3 is 10.1 Å². The molecule has 0 heterocycles. The lowest BCUT2D eigenvalue weighted by molar-refractivity contribution is -0.0498. The lowest BCUT2D eigenvalue weighted by Gasteiger charge is -2.27. The molecular weight excluding hydrogens is 260 g/mol. The second-order valence-corrected chi connectivity index (χ2v) is 4.96. The van der Waals surface area contributed by atoms with Crippen molar-refractivity contribution in [3.05, 3.63) is 29.8 Å². The molecule has 0 aromatic heterocycles. The monoisotopic (exact) mass is 285 g/mol. The number of halogens is 2. The average Bonchev–Trinajstić information content (AvgIpc) is 2.44. The lowest BCUT2D eigenvalue weighted by Crippen LogP contribution is -2.28. The van der Waals surface area contributed by atoms with Crippen LogP contribution < -0.4 is 10.1 Å². The first-order chi connectivity index (χ1) is 9.62. The summed E-state index contributed by atoms with van der Waals surface area (Å²) in [6.45, 7) is 4.69. The van der Waals surface area contributed by atoms with E-state index in [1.54, 1.807) is 12.1 Å². The Bertz CT molecular complexity index is 363. The second kappa shape index (κ2) is 8.90. The summed E-state index contributed by atoms with van der Waals surface area (Å²) in [7, 11) is 0. The van der Waals surface area contributed by atoms with Crippen LogP contribution in [0.2, 0.25) is 0 Å². The maximum atomic E-state index is 12.1. The van der Waals surface area contributed by atoms with Crippen molar-refractivity contribution in [3.63, 3.8) is 0 Å². The Morgan fingerprint density at radius 3 is 2.10 bits per heavy atom. The summed E-state index contributed by atoms with van der Waals surface area (Å²) in [5.74, 6) is 0.756. The van der Waals surface area contributed by atoms with E-state index in [4.69, 9.17) is 0 Å². The normalized spacial score (nSPS) is 12.9. The van der Waals surface area contributed by atoms with E-state index in [0.29, 0.717) is 5.92 Å². The molecule has 1 atom stereocenters. The fourth-order valence-electron chi connectivity index (χ4n) is 2.47. The fourth-order valence-corrected chi connectivity index (χ4v) is 2.47. The van der Waals surface area contributed by atoms with E-state index in [9.17, 15) is 8.78 Å². The van der Waals surface area contributed by atoms with Crippen LogP contribution in [-0.2, 0) is 0 Å². The highest BCUT2D eigenvalue weighted by Crippen LogP contribution is 2.29. The molecule has 2 nitrogen and oxygen atoms in total. The minimum Gasteiger partial charge on any atom is -0.435 e. The highest BCUT2D eigenvalue weighted by molar-refractivity contribution is 5.29. The Morgan fingerprint density at radius 1 is 1.05 bits per heavy atom. The third-order valence-electron chi connectivity index (χ3n) is 3.60. The summed E-state index contributed by atoms with van der Waals surface area (Å²) < 4.78 is 28.7. The number of ether oxygens (including phenoxy) is 1. The van der Waals surface area contributed by atoms with Gasteiger partial charge in [0.15, 0.2) is 0 Å². The van der Waals surface area contributed by atoms with Crippen LogP contribution >= 0.6 is 0 Å². The van der Waals surface area contributed by atoms with Gasteiger partial charge in [-0.2, -0.15) is 8.78 Å². The molecule has 20 heavy (non-hydrogen) atoms. The summed E-state index contributed by atoms with van der Waals surface area (Å²) in [4.78, 5) is 0. The Balaban J connectivity index is 2.84. The van der Waals surface area contributed by atoms with E-state index in [-0.39, 0.29) is 11.8 Å². The van der Waals surface area contributed by atoms with Crippen LogP contribution in [-0.4, -0.2) is 13.2 Å². The van der Waals surface area contributed by atoms with Crippen LogP contribution in [0.5, 0.6) is 5.75 Å². The highest BCUT2D eigenvalue weighted by Gasteiger charge is 2.19. The molecule has 1 rings (SSSR count). The zero-order chi connectivity index (χ0) is 15.0. The minimum absolute atomic E-state index is 0.211. The second-order valence-electron chi connectivity index (χ2n) is 4.96. The molecule has 0 bridgehead atoms. The molecule has 0 spiro atoms. The van der Waals surface area contributed by atoms with Gasteiger partial charge >= 0.3 is 6.61 Å². The highest BCUT2D eigenvalue weighted by atomic mass is 19.3. The number of rotatable bonds is 9. The molecule has 0 fully saturated rings. The molecule has 0 aliphatic rings. The molecule has 0 aliphatic heterocycles. The predicted octanol–water partition coefficient (Wildman–Crippen LogP) is 4.76. The maximum absolute atomic E-state index is 12.1. The van der Waals surface area contributed by atoms with E-state index in [1.165, 1.54) is 0 Å². The van der Waals surface area contributed by atoms with Crippen molar-refractivity contribution in [1.29, 1.82) is 0 Å². The van der Waals surface area contributed by atoms with Crippen molar-refractivity contribution in [3.8, 4) is 5.75 Å². The standard InChI is InChI=1S/C16H25F2NO/c1-4-11-19-15(12(5-2)6-3)13-7-9-14(10-8-13)20-16(17)18/h7-10,12,15-16,19H,4-6,11H2,1-3H3. The van der Waals surface area contributed by atoms with Crippen LogP contribution in [0.4, 0.5) is 8.78 Å². The molecule has 0 amide bonds. The Hall–Kier alpha value is -1.16. The fraction of sp³-hybridized carbons (Fsp3) is 0.625. The van der Waals surface area contributed by atoms with Crippen LogP contribution in [0.25, 0.3) is 0 Å². The molecule has 0 saturated heterocycles. The molecule has 1 unspecified atom stereocenters. The minimum atomic E-state index is -2.77. The molecule has 1 aromatic rings. The Kier molecular flexibility index (Phi) is 7.52. The van der Waals surface area contributed by atoms with Crippen LogP contribution in [0.3, 0.4) is 0 Å². The SMILES string of the molecule is CCCNC(c1ccc(OC(F)F)cc1)C(CC)CC. The van der Waals surface area contributed by atoms with Crippen LogP contribution in [0.15, 0.2) is 24.3 Å². The van der Waals surface area contributed by atoms with Crippen molar-refractivity contribution in [2.24, 2.45) is 5.92 Å². The van der Waals surface area contributed by atoms with Crippen molar-refractivity contribution in [2.45, 2.75) is 52.7 Å². The smallest absolute Gasteiger partial charge is 0.387 e. The first-order valence-electron chi connectivity index (χ1n) is 7.40. The largest absolute Gasteiger partial charge is 0.435 e. The zero-order valence-corrected chi connectivity index (χ0v) is 12.5. The predicted molar refractivity (Wildman–Crippen MR) is 78.2 cm³/mol. The van der Waals surface area contributed by atoms with Gasteiger partial charge in [-0.05, 0) is 36.6 Å². The number of hydrogen-bond acceptors (Lipinski definition) is 2. The van der Waals surface area contributed by atoms with Crippen molar-refractivity contribution < 1.29 is 13.5 Å². The molecule has 0 aliphatic carbocycles. The van der Waals surface area contributed by atoms with E-state index in [0.717, 1.165) is 31.4 Å². The number of hydrogen-bond donors (Lipinski definition) is 1. The Labute approximate surface area is 120 Å². The van der Waals surface area contributed by atoms with Crippen LogP contribution in [0, 0.1) is 5.92 Å². The summed E-state index contributed by atoms with van der Waals surface area (Å²) in [5, 5.41) is 3.56. The van der Waals surface area contributed by atoms with Crippen molar-refractivity contribution in [1.82, 2.24) is 5.32 Å². The quantitative estimate of drug-likeness (QED) is 0.706. The van der Waals surface area contributed by atoms with Gasteiger partial charge in [0.25, 0.3) is 0 Å². The lowest BCUT2D eigenvalue weighted by atomic mass is 9.88. The first-order valence-corrected chi connectivity index (χ1v) is 7.40. The summed E-state index contributed by atoms with van der Waals surface area (Å²) >= 11 is 0. The van der Waals surface area contributed by atoms with Gasteiger partial charge in [-0.3, -0.25) is 0 Å². The van der Waals surface area contributed by atoms with Gasteiger partial charge in [-0.25, -0.2) is 0 Å². The van der Waals surface area contributed by atoms with Gasteiger partial charge in [0.05, 0.1) is 0 Å². The van der Waals surface area contributed by atoms with E-state index in [2.05, 4.69) is 30.8 Å². The van der Waals surface area contributed by atoms with Gasteiger partial charge in [-0.15, -0.1) is 0 Å². The molecule has 114 valence electrons. The maximum Gasteiger partial charge on any atom is 0.387 e. The summed E-state index contributed by atoms with van der Waals surface area (Å²) in [6, 6.07) is 7.26.